The van der Waals surface area contributed by atoms with Gasteiger partial charge in [0, 0.05) is 42.9 Å². The van der Waals surface area contributed by atoms with Gasteiger partial charge < -0.3 is 5.41 Å². The molecule has 0 bridgehead atoms. The first-order valence-electron chi connectivity index (χ1n) is 17.0. The van der Waals surface area contributed by atoms with Crippen molar-refractivity contribution >= 4 is 70.8 Å². The van der Waals surface area contributed by atoms with Crippen LogP contribution in [0.4, 0.5) is 0 Å². The number of hydrogen-bond acceptors (Lipinski definition) is 4. The van der Waals surface area contributed by atoms with E-state index in [0.717, 1.165) is 50.3 Å². The van der Waals surface area contributed by atoms with Gasteiger partial charge in [0.2, 0.25) is 0 Å². The van der Waals surface area contributed by atoms with Crippen LogP contribution in [0.1, 0.15) is 16.7 Å². The molecule has 0 radical (unpaired) electrons. The van der Waals surface area contributed by atoms with Crippen molar-refractivity contribution < 1.29 is 0 Å². The van der Waals surface area contributed by atoms with Gasteiger partial charge in [-0.15, -0.1) is 11.3 Å². The molecule has 0 fully saturated rings. The molecule has 9 aromatic rings. The van der Waals surface area contributed by atoms with E-state index in [1.54, 1.807) is 0 Å². The van der Waals surface area contributed by atoms with Crippen molar-refractivity contribution in [3.05, 3.63) is 193 Å². The monoisotopic (exact) mass is 669 g/mol. The second-order valence-electron chi connectivity index (χ2n) is 12.6. The summed E-state index contributed by atoms with van der Waals surface area (Å²) in [6.07, 6.45) is 3.72. The van der Waals surface area contributed by atoms with Crippen LogP contribution in [0.5, 0.6) is 0 Å². The van der Waals surface area contributed by atoms with Crippen molar-refractivity contribution in [1.29, 1.82) is 5.41 Å². The summed E-state index contributed by atoms with van der Waals surface area (Å²) in [6.45, 7) is 0. The van der Waals surface area contributed by atoms with Gasteiger partial charge in [-0.2, -0.15) is 0 Å². The molecule has 7 aromatic carbocycles. The fourth-order valence-electron chi connectivity index (χ4n) is 6.80. The summed E-state index contributed by atoms with van der Waals surface area (Å²) in [5.41, 5.74) is 9.15. The molecule has 0 amide bonds. The van der Waals surface area contributed by atoms with Gasteiger partial charge in [0.05, 0.1) is 22.6 Å². The highest BCUT2D eigenvalue weighted by Crippen LogP contribution is 2.44. The summed E-state index contributed by atoms with van der Waals surface area (Å²) in [5.74, 6) is 0. The molecular formula is C47H31N3S. The lowest BCUT2D eigenvalue weighted by molar-refractivity contribution is 1.43. The maximum Gasteiger partial charge on any atom is 0.0802 e. The minimum atomic E-state index is 0.387. The number of nitrogens with zero attached hydrogens (tertiary/aromatic N) is 2. The zero-order chi connectivity index (χ0) is 34.1. The Morgan fingerprint density at radius 3 is 1.96 bits per heavy atom. The van der Waals surface area contributed by atoms with E-state index in [1.165, 1.54) is 36.3 Å². The first-order valence-corrected chi connectivity index (χ1v) is 17.8. The molecule has 4 heteroatoms. The number of fused-ring (bicyclic) bond motifs is 7. The predicted octanol–water partition coefficient (Wildman–Crippen LogP) is 12.6. The van der Waals surface area contributed by atoms with Crippen LogP contribution < -0.4 is 0 Å². The molecule has 0 aliphatic rings. The molecule has 0 spiro atoms. The molecule has 1 N–H and O–H groups in total. The van der Waals surface area contributed by atoms with Gasteiger partial charge in [-0.1, -0.05) is 158 Å². The Bertz CT molecular complexity index is 2780. The molecule has 240 valence electrons. The SMILES string of the molecule is N=C(/C=C(\N=Cc1ccccc1)c1ccc(-c2ccccc2)cc1)c1ccc(-c2nc3ccc4ccccc4c3c3sc4ccccc4c23)cc1. The molecule has 0 saturated heterocycles. The number of nitrogens with one attached hydrogen (secondary N) is 1. The second-order valence-corrected chi connectivity index (χ2v) is 13.6. The molecule has 9 rings (SSSR count). The van der Waals surface area contributed by atoms with Crippen LogP contribution in [0.25, 0.3) is 69.9 Å². The topological polar surface area (TPSA) is 49.1 Å². The molecule has 2 aromatic heterocycles. The van der Waals surface area contributed by atoms with Crippen molar-refractivity contribution in [2.45, 2.75) is 0 Å². The van der Waals surface area contributed by atoms with Crippen LogP contribution in [0, 0.1) is 5.41 Å². The summed E-state index contributed by atoms with van der Waals surface area (Å²) >= 11 is 1.83. The third-order valence-electron chi connectivity index (χ3n) is 9.39. The first-order chi connectivity index (χ1) is 25.2. The standard InChI is InChI=1S/C47H31N3S/c48-40(29-42(49-30-31-11-3-1-4-12-31)36-23-19-33(20-24-36)32-13-5-2-6-14-32)35-21-25-37(26-22-35)46-45-39-17-9-10-18-43(39)51-47(45)44-38-16-8-7-15-34(38)27-28-41(44)50-46/h1-30,48H/b42-29-,48-40?,49-30?. The fraction of sp³-hybridized carbons (Fsp3) is 0. The maximum absolute atomic E-state index is 9.18. The first kappa shape index (κ1) is 30.6. The van der Waals surface area contributed by atoms with Gasteiger partial charge in [-0.25, -0.2) is 4.98 Å². The zero-order valence-corrected chi connectivity index (χ0v) is 28.4. The van der Waals surface area contributed by atoms with Gasteiger partial charge in [0.25, 0.3) is 0 Å². The summed E-state index contributed by atoms with van der Waals surface area (Å²) < 4.78 is 2.51. The summed E-state index contributed by atoms with van der Waals surface area (Å²) in [6, 6.07) is 58.5. The van der Waals surface area contributed by atoms with Crippen LogP contribution >= 0.6 is 11.3 Å². The van der Waals surface area contributed by atoms with Gasteiger partial charge >= 0.3 is 0 Å². The number of allylic oxidation sites excluding steroid dienone is 1. The molecule has 0 atom stereocenters. The van der Waals surface area contributed by atoms with Crippen LogP contribution in [0.15, 0.2) is 181 Å². The number of hydrogen-bond donors (Lipinski definition) is 1. The number of pyridine rings is 1. The summed E-state index contributed by atoms with van der Waals surface area (Å²) in [4.78, 5) is 10.2. The van der Waals surface area contributed by atoms with Crippen LogP contribution in [-0.4, -0.2) is 16.9 Å². The lowest BCUT2D eigenvalue weighted by atomic mass is 9.98. The Morgan fingerprint density at radius 1 is 0.549 bits per heavy atom. The van der Waals surface area contributed by atoms with E-state index in [1.807, 2.05) is 84.3 Å². The summed E-state index contributed by atoms with van der Waals surface area (Å²) in [7, 11) is 0. The molecule has 0 unspecified atom stereocenters. The van der Waals surface area contributed by atoms with Crippen LogP contribution in [0.2, 0.25) is 0 Å². The third-order valence-corrected chi connectivity index (χ3v) is 10.6. The van der Waals surface area contributed by atoms with Crippen molar-refractivity contribution in [1.82, 2.24) is 4.98 Å². The molecule has 3 nitrogen and oxygen atoms in total. The number of benzene rings is 7. The lowest BCUT2D eigenvalue weighted by Crippen LogP contribution is -1.97. The predicted molar refractivity (Wildman–Crippen MR) is 218 cm³/mol. The van der Waals surface area contributed by atoms with E-state index in [-0.39, 0.29) is 0 Å². The van der Waals surface area contributed by atoms with Crippen molar-refractivity contribution in [3.8, 4) is 22.4 Å². The largest absolute Gasteiger partial charge is 0.300 e. The molecule has 0 aliphatic heterocycles. The average molecular weight is 670 g/mol. The van der Waals surface area contributed by atoms with Gasteiger partial charge in [-0.3, -0.25) is 4.99 Å². The highest BCUT2D eigenvalue weighted by Gasteiger charge is 2.18. The number of rotatable bonds is 7. The average Bonchev–Trinajstić information content (AvgIpc) is 3.59. The van der Waals surface area contributed by atoms with Gasteiger partial charge in [0.1, 0.15) is 0 Å². The van der Waals surface area contributed by atoms with E-state index in [0.29, 0.717) is 5.71 Å². The Balaban J connectivity index is 1.11. The van der Waals surface area contributed by atoms with Gasteiger partial charge in [-0.05, 0) is 51.2 Å². The molecular weight excluding hydrogens is 639 g/mol. The number of thiophene rings is 1. The van der Waals surface area contributed by atoms with E-state index in [9.17, 15) is 5.41 Å². The van der Waals surface area contributed by atoms with E-state index >= 15 is 0 Å². The maximum atomic E-state index is 9.18. The zero-order valence-electron chi connectivity index (χ0n) is 27.6. The van der Waals surface area contributed by atoms with E-state index in [2.05, 4.69) is 109 Å². The molecule has 51 heavy (non-hydrogen) atoms. The highest BCUT2D eigenvalue weighted by molar-refractivity contribution is 7.27. The minimum absolute atomic E-state index is 0.387. The molecule has 0 aliphatic carbocycles. The number of aromatic nitrogens is 1. The third kappa shape index (κ3) is 5.82. The van der Waals surface area contributed by atoms with Crippen LogP contribution in [0.3, 0.4) is 0 Å². The Morgan fingerprint density at radius 2 is 1.18 bits per heavy atom. The smallest absolute Gasteiger partial charge is 0.0802 e. The Hall–Kier alpha value is -6.49. The Labute approximate surface area is 300 Å². The lowest BCUT2D eigenvalue weighted by Gasteiger charge is -2.11. The Kier molecular flexibility index (Phi) is 7.84. The van der Waals surface area contributed by atoms with Crippen LogP contribution in [-0.2, 0) is 0 Å². The summed E-state index contributed by atoms with van der Waals surface area (Å²) in [5, 5.41) is 15.2. The van der Waals surface area contributed by atoms with Gasteiger partial charge in [0.15, 0.2) is 0 Å². The number of aliphatic imine (C=N–C) groups is 1. The molecule has 2 heterocycles. The van der Waals surface area contributed by atoms with E-state index < -0.39 is 0 Å². The molecule has 0 saturated carbocycles. The fourth-order valence-corrected chi connectivity index (χ4v) is 8.08. The van der Waals surface area contributed by atoms with Crippen molar-refractivity contribution in [2.75, 3.05) is 0 Å². The normalized spacial score (nSPS) is 12.0. The van der Waals surface area contributed by atoms with Crippen molar-refractivity contribution in [2.24, 2.45) is 4.99 Å². The minimum Gasteiger partial charge on any atom is -0.300 e. The van der Waals surface area contributed by atoms with E-state index in [4.69, 9.17) is 9.98 Å². The quantitative estimate of drug-likeness (QED) is 0.133. The second kappa shape index (κ2) is 13.1. The van der Waals surface area contributed by atoms with Crippen molar-refractivity contribution in [3.63, 3.8) is 0 Å². The highest BCUT2D eigenvalue weighted by atomic mass is 32.1.